The molecule has 1 fully saturated rings. The van der Waals surface area contributed by atoms with Gasteiger partial charge < -0.3 is 4.90 Å². The third-order valence-corrected chi connectivity index (χ3v) is 7.23. The molecule has 0 bridgehead atoms. The van der Waals surface area contributed by atoms with Crippen molar-refractivity contribution >= 4 is 46.4 Å². The minimum Gasteiger partial charge on any atom is -0.303 e. The van der Waals surface area contributed by atoms with Gasteiger partial charge in [0.05, 0.1) is 11.4 Å². The van der Waals surface area contributed by atoms with Crippen molar-refractivity contribution in [3.05, 3.63) is 96.1 Å². The first-order valence-electron chi connectivity index (χ1n) is 10.2. The number of fused-ring (bicyclic) bond motifs is 3. The predicted molar refractivity (Wildman–Crippen MR) is 124 cm³/mol. The van der Waals surface area contributed by atoms with Crippen molar-refractivity contribution in [2.75, 3.05) is 9.80 Å². The highest BCUT2D eigenvalue weighted by atomic mass is 35.5. The number of amides is 2. The number of hydrogen-bond donors (Lipinski definition) is 0. The maximum absolute atomic E-state index is 13.6. The molecule has 2 amide bonds. The largest absolute Gasteiger partial charge is 0.303 e. The smallest absolute Gasteiger partial charge is 0.267 e. The second-order valence-corrected chi connectivity index (χ2v) is 9.35. The molecule has 4 nitrogen and oxygen atoms in total. The zero-order valence-corrected chi connectivity index (χ0v) is 18.3. The van der Waals surface area contributed by atoms with Crippen molar-refractivity contribution in [3.8, 4) is 0 Å². The molecule has 0 unspecified atom stereocenters. The Kier molecular flexibility index (Phi) is 4.61. The number of nitrogens with zero attached hydrogens (tertiary/aromatic N) is 2. The Labute approximate surface area is 191 Å². The molecule has 5 rings (SSSR count). The molecule has 2 aliphatic heterocycles. The van der Waals surface area contributed by atoms with Crippen LogP contribution in [0.15, 0.2) is 84.9 Å². The molecule has 0 saturated carbocycles. The molecule has 6 heteroatoms. The van der Waals surface area contributed by atoms with E-state index in [1.54, 1.807) is 21.9 Å². The highest BCUT2D eigenvalue weighted by Gasteiger charge is 2.73. The van der Waals surface area contributed by atoms with E-state index in [4.69, 9.17) is 23.2 Å². The molecule has 0 aliphatic carbocycles. The molecule has 1 saturated heterocycles. The Morgan fingerprint density at radius 2 is 1.42 bits per heavy atom. The number of para-hydroxylation sites is 2. The Morgan fingerprint density at radius 3 is 2.06 bits per heavy atom. The van der Waals surface area contributed by atoms with Gasteiger partial charge in [-0.2, -0.15) is 0 Å². The third-order valence-electron chi connectivity index (χ3n) is 6.28. The number of halogens is 2. The highest BCUT2D eigenvalue weighted by molar-refractivity contribution is 6.63. The summed E-state index contributed by atoms with van der Waals surface area (Å²) in [5.74, 6) is -0.512. The molecule has 156 valence electrons. The summed E-state index contributed by atoms with van der Waals surface area (Å²) in [6, 6.07) is 25.9. The van der Waals surface area contributed by atoms with Crippen molar-refractivity contribution in [3.63, 3.8) is 0 Å². The normalized spacial score (nSPS) is 24.0. The molecule has 0 N–H and O–H groups in total. The number of β-lactam (4-membered cyclic amide) rings is 1. The van der Waals surface area contributed by atoms with Crippen molar-refractivity contribution in [1.82, 2.24) is 0 Å². The lowest BCUT2D eigenvalue weighted by molar-refractivity contribution is -0.129. The van der Waals surface area contributed by atoms with Crippen LogP contribution in [0.4, 0.5) is 11.4 Å². The van der Waals surface area contributed by atoms with Crippen LogP contribution >= 0.6 is 23.2 Å². The zero-order chi connectivity index (χ0) is 21.8. The lowest BCUT2D eigenvalue weighted by Crippen LogP contribution is -2.76. The summed E-state index contributed by atoms with van der Waals surface area (Å²) in [6.07, 6.45) is 0.392. The lowest BCUT2D eigenvalue weighted by Gasteiger charge is -2.59. The van der Waals surface area contributed by atoms with Gasteiger partial charge in [-0.25, -0.2) is 0 Å². The van der Waals surface area contributed by atoms with Crippen LogP contribution in [-0.4, -0.2) is 22.2 Å². The summed E-state index contributed by atoms with van der Waals surface area (Å²) in [4.78, 5) is 30.3. The molecule has 0 radical (unpaired) electrons. The molecular formula is C25H20Cl2N2O2. The van der Waals surface area contributed by atoms with E-state index >= 15 is 0 Å². The van der Waals surface area contributed by atoms with Crippen molar-refractivity contribution < 1.29 is 9.59 Å². The maximum atomic E-state index is 13.6. The average Bonchev–Trinajstić information content (AvgIpc) is 2.91. The minimum absolute atomic E-state index is 0.131. The first-order valence-corrected chi connectivity index (χ1v) is 10.9. The zero-order valence-electron chi connectivity index (χ0n) is 16.8. The van der Waals surface area contributed by atoms with Gasteiger partial charge in [0.2, 0.25) is 4.33 Å². The fraction of sp³-hybridized carbons (Fsp3) is 0.200. The van der Waals surface area contributed by atoms with Crippen LogP contribution < -0.4 is 9.80 Å². The van der Waals surface area contributed by atoms with Crippen LogP contribution in [0, 0.1) is 0 Å². The second-order valence-electron chi connectivity index (χ2n) is 8.02. The number of anilines is 2. The van der Waals surface area contributed by atoms with Gasteiger partial charge in [0.15, 0.2) is 0 Å². The van der Waals surface area contributed by atoms with E-state index in [0.29, 0.717) is 23.4 Å². The van der Waals surface area contributed by atoms with Gasteiger partial charge in [-0.1, -0.05) is 83.9 Å². The highest BCUT2D eigenvalue weighted by Crippen LogP contribution is 2.62. The summed E-state index contributed by atoms with van der Waals surface area (Å²) < 4.78 is -1.64. The fourth-order valence-electron chi connectivity index (χ4n) is 4.90. The van der Waals surface area contributed by atoms with Crippen molar-refractivity contribution in [1.29, 1.82) is 0 Å². The molecule has 3 aromatic carbocycles. The number of alkyl halides is 2. The topological polar surface area (TPSA) is 40.6 Å². The number of carbonyl (C=O) groups is 2. The van der Waals surface area contributed by atoms with Gasteiger partial charge in [-0.15, -0.1) is 0 Å². The second kappa shape index (κ2) is 7.11. The predicted octanol–water partition coefficient (Wildman–Crippen LogP) is 5.54. The van der Waals surface area contributed by atoms with Crippen LogP contribution in [0.5, 0.6) is 0 Å². The first-order chi connectivity index (χ1) is 14.9. The van der Waals surface area contributed by atoms with Gasteiger partial charge >= 0.3 is 0 Å². The molecule has 2 aliphatic rings. The Hall–Kier alpha value is -2.82. The lowest BCUT2D eigenvalue weighted by atomic mass is 9.72. The van der Waals surface area contributed by atoms with E-state index in [0.717, 1.165) is 5.56 Å². The average molecular weight is 451 g/mol. The van der Waals surface area contributed by atoms with Gasteiger partial charge in [-0.3, -0.25) is 14.5 Å². The maximum Gasteiger partial charge on any atom is 0.267 e. The van der Waals surface area contributed by atoms with Crippen molar-refractivity contribution in [2.24, 2.45) is 0 Å². The minimum atomic E-state index is -1.64. The van der Waals surface area contributed by atoms with Gasteiger partial charge in [0.1, 0.15) is 5.54 Å². The molecule has 2 heterocycles. The number of benzene rings is 3. The Morgan fingerprint density at radius 1 is 0.871 bits per heavy atom. The van der Waals surface area contributed by atoms with Crippen LogP contribution in [0.3, 0.4) is 0 Å². The quantitative estimate of drug-likeness (QED) is 0.379. The van der Waals surface area contributed by atoms with Gasteiger partial charge in [0.25, 0.3) is 11.8 Å². The van der Waals surface area contributed by atoms with Gasteiger partial charge in [-0.05, 0) is 43.2 Å². The number of rotatable bonds is 2. The van der Waals surface area contributed by atoms with E-state index < -0.39 is 9.87 Å². The van der Waals surface area contributed by atoms with E-state index in [-0.39, 0.29) is 17.9 Å². The van der Waals surface area contributed by atoms with Gasteiger partial charge in [0, 0.05) is 11.6 Å². The van der Waals surface area contributed by atoms with Crippen LogP contribution in [0.25, 0.3) is 0 Å². The Bertz CT molecular complexity index is 1170. The molecule has 31 heavy (non-hydrogen) atoms. The SMILES string of the molecule is C[C@H]1C[C@@]2(c3ccccc3)N(C(=O)C2(Cl)Cl)c2ccccc2N1C(=O)c1ccccc1. The first kappa shape index (κ1) is 20.1. The summed E-state index contributed by atoms with van der Waals surface area (Å²) in [6.45, 7) is 1.97. The summed E-state index contributed by atoms with van der Waals surface area (Å²) >= 11 is 13.5. The standard InChI is InChI=1S/C25H20Cl2N2O2/c1-17-16-24(19-12-6-3-7-13-19)25(26,27)23(31)29(24)21-15-9-8-14-20(21)28(17)22(30)18-10-4-2-5-11-18/h2-15,17H,16H2,1H3/t17-,24-/m0/s1. The summed E-state index contributed by atoms with van der Waals surface area (Å²) in [5, 5.41) is 0. The molecule has 3 aromatic rings. The number of carbonyl (C=O) groups excluding carboxylic acids is 2. The third kappa shape index (κ3) is 2.68. The Balaban J connectivity index is 1.74. The van der Waals surface area contributed by atoms with Crippen molar-refractivity contribution in [2.45, 2.75) is 29.3 Å². The molecule has 0 aromatic heterocycles. The van der Waals surface area contributed by atoms with E-state index in [9.17, 15) is 9.59 Å². The fourth-order valence-corrected chi connectivity index (χ4v) is 5.61. The molecular weight excluding hydrogens is 431 g/mol. The van der Waals surface area contributed by atoms with E-state index in [1.165, 1.54) is 0 Å². The van der Waals surface area contributed by atoms with E-state index in [1.807, 2.05) is 79.7 Å². The van der Waals surface area contributed by atoms with Crippen LogP contribution in [0.1, 0.15) is 29.3 Å². The molecule has 0 spiro atoms. The monoisotopic (exact) mass is 450 g/mol. The van der Waals surface area contributed by atoms with E-state index in [2.05, 4.69) is 0 Å². The van der Waals surface area contributed by atoms with Crippen LogP contribution in [0.2, 0.25) is 0 Å². The van der Waals surface area contributed by atoms with Crippen LogP contribution in [-0.2, 0) is 10.3 Å². The number of hydrogen-bond acceptors (Lipinski definition) is 2. The molecule has 2 atom stereocenters. The summed E-state index contributed by atoms with van der Waals surface area (Å²) in [7, 11) is 0. The summed E-state index contributed by atoms with van der Waals surface area (Å²) in [5.41, 5.74) is 1.72.